The molecule has 2 atom stereocenters. The van der Waals surface area contributed by atoms with Crippen LogP contribution in [0.5, 0.6) is 5.75 Å². The monoisotopic (exact) mass is 463 g/mol. The summed E-state index contributed by atoms with van der Waals surface area (Å²) in [5.41, 5.74) is 1.79. The second kappa shape index (κ2) is 8.99. The smallest absolute Gasteiger partial charge is 0.274 e. The highest BCUT2D eigenvalue weighted by atomic mass is 32.2. The maximum absolute atomic E-state index is 13.4. The maximum Gasteiger partial charge on any atom is 0.274 e. The number of sulfone groups is 1. The number of amides is 1. The first-order valence-corrected chi connectivity index (χ1v) is 11.5. The van der Waals surface area contributed by atoms with Gasteiger partial charge in [-0.25, -0.2) is 17.9 Å². The third kappa shape index (κ3) is 4.83. The fourth-order valence-corrected chi connectivity index (χ4v) is 4.68. The largest absolute Gasteiger partial charge is 0.489 e. The lowest BCUT2D eigenvalue weighted by Crippen LogP contribution is -2.33. The highest BCUT2D eigenvalue weighted by Gasteiger charge is 2.37. The molecular weight excluding hydrogens is 441 g/mol. The van der Waals surface area contributed by atoms with Gasteiger partial charge in [0, 0.05) is 12.0 Å². The summed E-state index contributed by atoms with van der Waals surface area (Å²) in [6.07, 6.45) is 1.14. The van der Waals surface area contributed by atoms with Gasteiger partial charge in [-0.3, -0.25) is 10.0 Å². The van der Waals surface area contributed by atoms with Crippen molar-refractivity contribution in [1.82, 2.24) is 5.06 Å². The molecule has 1 aliphatic heterocycles. The first kappa shape index (κ1) is 22.4. The lowest BCUT2D eigenvalue weighted by molar-refractivity contribution is -0.156. The topological polar surface area (TPSA) is 102 Å². The van der Waals surface area contributed by atoms with E-state index in [0.717, 1.165) is 5.56 Å². The van der Waals surface area contributed by atoms with E-state index in [1.165, 1.54) is 36.4 Å². The maximum atomic E-state index is 13.4. The van der Waals surface area contributed by atoms with Crippen LogP contribution in [0.1, 0.15) is 17.5 Å². The lowest BCUT2D eigenvalue weighted by atomic mass is 10.1. The van der Waals surface area contributed by atoms with Crippen LogP contribution in [0.2, 0.25) is 0 Å². The molecule has 2 aliphatic rings. The number of halogens is 1. The van der Waals surface area contributed by atoms with Crippen LogP contribution in [0, 0.1) is 12.7 Å². The molecule has 1 saturated heterocycles. The number of aryl methyl sites for hydroxylation is 1. The van der Waals surface area contributed by atoms with Gasteiger partial charge in [0.2, 0.25) is 0 Å². The first-order chi connectivity index (χ1) is 15.2. The summed E-state index contributed by atoms with van der Waals surface area (Å²) >= 11 is 0. The van der Waals surface area contributed by atoms with E-state index in [4.69, 9.17) is 14.2 Å². The molecule has 1 heterocycles. The quantitative estimate of drug-likeness (QED) is 0.498. The van der Waals surface area contributed by atoms with Gasteiger partial charge in [-0.05, 0) is 60.5 Å². The van der Waals surface area contributed by atoms with Gasteiger partial charge in [-0.2, -0.15) is 0 Å². The third-order valence-electron chi connectivity index (χ3n) is 5.39. The van der Waals surface area contributed by atoms with E-state index in [-0.39, 0.29) is 53.4 Å². The summed E-state index contributed by atoms with van der Waals surface area (Å²) in [5.74, 6) is -1.67. The van der Waals surface area contributed by atoms with Gasteiger partial charge < -0.3 is 14.2 Å². The molecule has 0 bridgehead atoms. The number of rotatable bonds is 7. The number of hydroxylamine groups is 2. The number of benzene rings is 2. The fourth-order valence-electron chi connectivity index (χ4n) is 3.54. The number of hydrogen-bond donors (Lipinski definition) is 1. The molecule has 4 rings (SSSR count). The van der Waals surface area contributed by atoms with Crippen molar-refractivity contribution >= 4 is 15.7 Å². The fraction of sp³-hybridized carbons (Fsp3) is 0.318. The van der Waals surface area contributed by atoms with Gasteiger partial charge in [0.1, 0.15) is 31.1 Å². The van der Waals surface area contributed by atoms with Gasteiger partial charge in [0.05, 0.1) is 11.0 Å². The highest BCUT2D eigenvalue weighted by Crippen LogP contribution is 2.30. The van der Waals surface area contributed by atoms with E-state index < -0.39 is 21.6 Å². The average molecular weight is 463 g/mol. The molecule has 1 N–H and O–H groups in total. The van der Waals surface area contributed by atoms with Crippen molar-refractivity contribution in [3.05, 3.63) is 71.1 Å². The van der Waals surface area contributed by atoms with E-state index in [1.807, 2.05) is 6.92 Å². The van der Waals surface area contributed by atoms with E-state index in [2.05, 4.69) is 0 Å². The summed E-state index contributed by atoms with van der Waals surface area (Å²) < 4.78 is 54.8. The van der Waals surface area contributed by atoms with Crippen molar-refractivity contribution in [2.45, 2.75) is 37.1 Å². The predicted octanol–water partition coefficient (Wildman–Crippen LogP) is 2.73. The summed E-state index contributed by atoms with van der Waals surface area (Å²) in [6, 6.07) is 9.96. The van der Waals surface area contributed by atoms with Gasteiger partial charge >= 0.3 is 0 Å². The van der Waals surface area contributed by atoms with E-state index in [0.29, 0.717) is 11.3 Å². The Morgan fingerprint density at radius 1 is 1.22 bits per heavy atom. The van der Waals surface area contributed by atoms with Crippen molar-refractivity contribution < 1.29 is 37.0 Å². The van der Waals surface area contributed by atoms with Crippen LogP contribution >= 0.6 is 0 Å². The number of carbonyl (C=O) groups excluding carboxylic acids is 1. The molecule has 1 fully saturated rings. The molecule has 0 saturated carbocycles. The Morgan fingerprint density at radius 2 is 1.97 bits per heavy atom. The zero-order chi connectivity index (χ0) is 22.9. The molecule has 1 aliphatic carbocycles. The minimum absolute atomic E-state index is 0.0810. The highest BCUT2D eigenvalue weighted by molar-refractivity contribution is 7.91. The first-order valence-electron chi connectivity index (χ1n) is 9.88. The Morgan fingerprint density at radius 3 is 2.69 bits per heavy atom. The Bertz CT molecular complexity index is 1150. The molecule has 10 heteroatoms. The normalized spacial score (nSPS) is 20.0. The van der Waals surface area contributed by atoms with Gasteiger partial charge in [0.25, 0.3) is 5.91 Å². The number of fused-ring (bicyclic) bond motifs is 1. The summed E-state index contributed by atoms with van der Waals surface area (Å²) in [4.78, 5) is 12.3. The molecule has 0 aromatic heterocycles. The van der Waals surface area contributed by atoms with Gasteiger partial charge in [-0.1, -0.05) is 6.07 Å². The van der Waals surface area contributed by atoms with Crippen molar-refractivity contribution in [3.8, 4) is 5.75 Å². The summed E-state index contributed by atoms with van der Waals surface area (Å²) in [6.45, 7) is 2.11. The second-order valence-electron chi connectivity index (χ2n) is 7.63. The molecule has 2 aromatic rings. The summed E-state index contributed by atoms with van der Waals surface area (Å²) in [5, 5.41) is 10.3. The molecule has 1 amide bonds. The SMILES string of the molecule is Cc1ccc(F)cc1COc1ccc(S(=O)(=O)CN(O)C(=O)C2=CC3OCOC3C2)cc1. The van der Waals surface area contributed by atoms with Crippen LogP contribution in [0.4, 0.5) is 4.39 Å². The zero-order valence-electron chi connectivity index (χ0n) is 17.2. The van der Waals surface area contributed by atoms with E-state index >= 15 is 0 Å². The second-order valence-corrected chi connectivity index (χ2v) is 9.59. The Hall–Kier alpha value is -2.79. The minimum Gasteiger partial charge on any atom is -0.489 e. The van der Waals surface area contributed by atoms with Crippen molar-refractivity contribution in [2.75, 3.05) is 12.7 Å². The lowest BCUT2D eigenvalue weighted by Gasteiger charge is -2.16. The predicted molar refractivity (Wildman–Crippen MR) is 110 cm³/mol. The number of carbonyl (C=O) groups is 1. The molecule has 32 heavy (non-hydrogen) atoms. The number of hydrogen-bond acceptors (Lipinski definition) is 7. The molecular formula is C22H22FNO7S. The molecule has 2 unspecified atom stereocenters. The Balaban J connectivity index is 1.37. The van der Waals surface area contributed by atoms with Crippen LogP contribution in [-0.2, 0) is 30.7 Å². The van der Waals surface area contributed by atoms with E-state index in [1.54, 1.807) is 12.1 Å². The molecule has 0 spiro atoms. The van der Waals surface area contributed by atoms with Crippen LogP contribution in [-0.4, -0.2) is 49.5 Å². The Kier molecular flexibility index (Phi) is 6.29. The average Bonchev–Trinajstić information content (AvgIpc) is 3.36. The van der Waals surface area contributed by atoms with Gasteiger partial charge in [0.15, 0.2) is 15.7 Å². The van der Waals surface area contributed by atoms with E-state index in [9.17, 15) is 22.8 Å². The van der Waals surface area contributed by atoms with Crippen molar-refractivity contribution in [2.24, 2.45) is 0 Å². The molecule has 2 aromatic carbocycles. The molecule has 170 valence electrons. The standard InChI is InChI=1S/C22H22FNO7S/c1-14-2-3-17(23)8-16(14)11-29-18-4-6-19(7-5-18)32(27,28)12-24(26)22(25)15-9-20-21(10-15)31-13-30-20/h2-9,20-21,26H,10-13H2,1H3. The zero-order valence-corrected chi connectivity index (χ0v) is 18.0. The Labute approximate surface area is 184 Å². The molecule has 0 radical (unpaired) electrons. The van der Waals surface area contributed by atoms with Crippen molar-refractivity contribution in [3.63, 3.8) is 0 Å². The minimum atomic E-state index is -3.99. The van der Waals surface area contributed by atoms with Gasteiger partial charge in [-0.15, -0.1) is 0 Å². The van der Waals surface area contributed by atoms with Crippen LogP contribution < -0.4 is 4.74 Å². The number of nitrogens with zero attached hydrogens (tertiary/aromatic N) is 1. The molecule has 8 nitrogen and oxygen atoms in total. The summed E-state index contributed by atoms with van der Waals surface area (Å²) in [7, 11) is -3.99. The van der Waals surface area contributed by atoms with Crippen LogP contribution in [0.25, 0.3) is 0 Å². The van der Waals surface area contributed by atoms with Crippen LogP contribution in [0.15, 0.2) is 59.0 Å². The van der Waals surface area contributed by atoms with Crippen LogP contribution in [0.3, 0.4) is 0 Å². The number of ether oxygens (including phenoxy) is 3. The third-order valence-corrected chi connectivity index (χ3v) is 6.96. The van der Waals surface area contributed by atoms with Crippen molar-refractivity contribution in [1.29, 1.82) is 0 Å².